The predicted molar refractivity (Wildman–Crippen MR) is 120 cm³/mol. The molecular weight excluding hydrogens is 465 g/mol. The number of carbonyl (C=O) groups excluding carboxylic acids is 3. The molecule has 190 valence electrons. The summed E-state index contributed by atoms with van der Waals surface area (Å²) in [5.41, 5.74) is 1.05. The number of fused-ring (bicyclic) bond motifs is 1. The number of nitriles is 1. The predicted octanol–water partition coefficient (Wildman–Crippen LogP) is 3.23. The van der Waals surface area contributed by atoms with Crippen LogP contribution in [-0.4, -0.2) is 79.2 Å². The van der Waals surface area contributed by atoms with Gasteiger partial charge in [0.1, 0.15) is 19.6 Å². The fourth-order valence-electron chi connectivity index (χ4n) is 4.55. The first-order valence-electron chi connectivity index (χ1n) is 11.8. The number of benzene rings is 1. The molecule has 2 heterocycles. The Bertz CT molecular complexity index is 968. The molecule has 2 aliphatic rings. The van der Waals surface area contributed by atoms with Crippen LogP contribution in [0, 0.1) is 11.3 Å². The van der Waals surface area contributed by atoms with E-state index in [0.29, 0.717) is 63.1 Å². The number of piperazine rings is 1. The number of anilines is 1. The number of Topliss-reactive ketones (excluding diaryl/α,β-unsaturated/α-hetero) is 1. The van der Waals surface area contributed by atoms with Crippen LogP contribution in [0.5, 0.6) is 0 Å². The van der Waals surface area contributed by atoms with E-state index in [0.717, 1.165) is 0 Å². The average Bonchev–Trinajstić information content (AvgIpc) is 2.94. The number of alkyl halides is 3. The second kappa shape index (κ2) is 11.6. The highest BCUT2D eigenvalue weighted by molar-refractivity contribution is 6.10. The minimum absolute atomic E-state index is 0.0901. The highest BCUT2D eigenvalue weighted by Crippen LogP contribution is 2.28. The molecule has 1 aromatic carbocycles. The molecule has 0 spiro atoms. The summed E-state index contributed by atoms with van der Waals surface area (Å²) in [6.07, 6.45) is -2.84. The Labute approximate surface area is 202 Å². The first-order valence-corrected chi connectivity index (χ1v) is 11.8. The molecule has 0 radical (unpaired) electrons. The summed E-state index contributed by atoms with van der Waals surface area (Å²) in [5, 5.41) is 8.69. The normalized spacial score (nSPS) is 18.5. The van der Waals surface area contributed by atoms with Gasteiger partial charge in [-0.2, -0.15) is 18.4 Å². The van der Waals surface area contributed by atoms with Gasteiger partial charge in [-0.1, -0.05) is 12.1 Å². The Kier molecular flexibility index (Phi) is 8.86. The second-order valence-electron chi connectivity index (χ2n) is 8.90. The minimum atomic E-state index is -5.08. The van der Waals surface area contributed by atoms with Crippen molar-refractivity contribution in [1.82, 2.24) is 4.90 Å². The number of quaternary nitrogens is 1. The quantitative estimate of drug-likeness (QED) is 0.386. The number of hydroxylamine groups is 3. The monoisotopic (exact) mass is 495 g/mol. The molecule has 3 rings (SSSR count). The Morgan fingerprint density at radius 3 is 2.46 bits per heavy atom. The summed E-state index contributed by atoms with van der Waals surface area (Å²) in [7, 11) is 0. The molecule has 0 saturated carbocycles. The Balaban J connectivity index is 1.62. The highest BCUT2D eigenvalue weighted by Gasteiger charge is 2.48. The number of rotatable bonds is 9. The van der Waals surface area contributed by atoms with Crippen molar-refractivity contribution in [2.45, 2.75) is 44.7 Å². The standard InChI is InChI=1S/C24H30F3N4O4/c25-24(26,27)23(34)35-31(17-14-29(15-18-31)12-4-3-11-28)16-6-5-13-30-20-8-2-1-7-19(20)21(32)9-10-22(30)33/h1-2,7-8H,3-6,9-10,12-18H2/q+1. The van der Waals surface area contributed by atoms with Gasteiger partial charge in [-0.05, 0) is 31.5 Å². The van der Waals surface area contributed by atoms with Crippen molar-refractivity contribution in [3.63, 3.8) is 0 Å². The molecule has 35 heavy (non-hydrogen) atoms. The van der Waals surface area contributed by atoms with Crippen LogP contribution in [0.25, 0.3) is 0 Å². The van der Waals surface area contributed by atoms with Crippen molar-refractivity contribution < 1.29 is 37.0 Å². The molecule has 0 bridgehead atoms. The molecule has 2 aliphatic heterocycles. The molecule has 11 heteroatoms. The van der Waals surface area contributed by atoms with Crippen LogP contribution in [0.4, 0.5) is 18.9 Å². The van der Waals surface area contributed by atoms with Crippen molar-refractivity contribution in [3.8, 4) is 6.07 Å². The van der Waals surface area contributed by atoms with Crippen molar-refractivity contribution in [2.75, 3.05) is 50.7 Å². The maximum absolute atomic E-state index is 12.9. The van der Waals surface area contributed by atoms with Crippen molar-refractivity contribution in [3.05, 3.63) is 29.8 Å². The zero-order valence-electron chi connectivity index (χ0n) is 19.6. The lowest BCUT2D eigenvalue weighted by molar-refractivity contribution is -1.09. The number of para-hydroxylation sites is 1. The zero-order valence-corrected chi connectivity index (χ0v) is 19.6. The van der Waals surface area contributed by atoms with Crippen LogP contribution in [-0.2, 0) is 14.4 Å². The van der Waals surface area contributed by atoms with E-state index in [2.05, 4.69) is 11.0 Å². The van der Waals surface area contributed by atoms with Crippen LogP contribution in [0.1, 0.15) is 48.9 Å². The van der Waals surface area contributed by atoms with Gasteiger partial charge in [0.25, 0.3) is 0 Å². The zero-order chi connectivity index (χ0) is 25.5. The molecular formula is C24H30F3N4O4+. The molecule has 1 fully saturated rings. The van der Waals surface area contributed by atoms with Gasteiger partial charge in [-0.3, -0.25) is 19.3 Å². The van der Waals surface area contributed by atoms with Crippen molar-refractivity contribution in [1.29, 1.82) is 5.26 Å². The largest absolute Gasteiger partial charge is 0.497 e. The number of halogens is 3. The summed E-state index contributed by atoms with van der Waals surface area (Å²) in [4.78, 5) is 45.2. The number of hydrogen-bond acceptors (Lipinski definition) is 6. The van der Waals surface area contributed by atoms with Gasteiger partial charge in [0.15, 0.2) is 5.78 Å². The van der Waals surface area contributed by atoms with Crippen LogP contribution in [0.2, 0.25) is 0 Å². The van der Waals surface area contributed by atoms with Gasteiger partial charge in [-0.15, -0.1) is 4.65 Å². The second-order valence-corrected chi connectivity index (χ2v) is 8.90. The number of carbonyl (C=O) groups is 3. The first-order chi connectivity index (χ1) is 16.6. The maximum atomic E-state index is 12.9. The van der Waals surface area contributed by atoms with E-state index in [1.165, 1.54) is 0 Å². The Hall–Kier alpha value is -2.97. The average molecular weight is 496 g/mol. The number of ketones is 1. The first kappa shape index (κ1) is 26.6. The van der Waals surface area contributed by atoms with Gasteiger partial charge >= 0.3 is 12.1 Å². The van der Waals surface area contributed by atoms with E-state index < -0.39 is 16.8 Å². The molecule has 0 aliphatic carbocycles. The smallest absolute Gasteiger partial charge is 0.312 e. The Morgan fingerprint density at radius 1 is 1.06 bits per heavy atom. The van der Waals surface area contributed by atoms with Crippen LogP contribution in [0.3, 0.4) is 0 Å². The molecule has 0 unspecified atom stereocenters. The molecule has 0 aromatic heterocycles. The van der Waals surface area contributed by atoms with Crippen LogP contribution < -0.4 is 4.90 Å². The van der Waals surface area contributed by atoms with Gasteiger partial charge in [0.05, 0.1) is 24.8 Å². The van der Waals surface area contributed by atoms with E-state index in [4.69, 9.17) is 10.1 Å². The number of hydrogen-bond donors (Lipinski definition) is 0. The van der Waals surface area contributed by atoms with Gasteiger partial charge < -0.3 is 4.90 Å². The van der Waals surface area contributed by atoms with Gasteiger partial charge in [0.2, 0.25) is 5.91 Å². The van der Waals surface area contributed by atoms with Crippen LogP contribution in [0.15, 0.2) is 24.3 Å². The number of amides is 1. The van der Waals surface area contributed by atoms with Crippen LogP contribution >= 0.6 is 0 Å². The van der Waals surface area contributed by atoms with E-state index >= 15 is 0 Å². The summed E-state index contributed by atoms with van der Waals surface area (Å²) in [5.74, 6) is -2.46. The van der Waals surface area contributed by atoms with E-state index in [9.17, 15) is 27.6 Å². The molecule has 0 atom stereocenters. The fourth-order valence-corrected chi connectivity index (χ4v) is 4.55. The summed E-state index contributed by atoms with van der Waals surface area (Å²) in [6.45, 7) is 2.51. The third-order valence-electron chi connectivity index (χ3n) is 6.48. The lowest BCUT2D eigenvalue weighted by atomic mass is 10.1. The highest BCUT2D eigenvalue weighted by atomic mass is 19.4. The van der Waals surface area contributed by atoms with E-state index in [-0.39, 0.29) is 44.2 Å². The lowest BCUT2D eigenvalue weighted by Crippen LogP contribution is -2.61. The lowest BCUT2D eigenvalue weighted by Gasteiger charge is -2.41. The fraction of sp³-hybridized carbons (Fsp3) is 0.583. The summed E-state index contributed by atoms with van der Waals surface area (Å²) >= 11 is 0. The SMILES string of the molecule is N#CCCCN1CC[N+](CCCCN2C(=O)CCC(=O)c3ccccc32)(OC(=O)C(F)(F)F)CC1. The molecule has 1 amide bonds. The van der Waals surface area contributed by atoms with Crippen molar-refractivity contribution in [2.24, 2.45) is 0 Å². The molecule has 1 aromatic rings. The van der Waals surface area contributed by atoms with Gasteiger partial charge in [-0.25, -0.2) is 4.79 Å². The van der Waals surface area contributed by atoms with Crippen molar-refractivity contribution >= 4 is 23.3 Å². The third-order valence-corrected chi connectivity index (χ3v) is 6.48. The molecule has 1 saturated heterocycles. The molecule has 0 N–H and O–H groups in total. The maximum Gasteiger partial charge on any atom is 0.497 e. The molecule has 8 nitrogen and oxygen atoms in total. The minimum Gasteiger partial charge on any atom is -0.312 e. The topological polar surface area (TPSA) is 90.7 Å². The summed E-state index contributed by atoms with van der Waals surface area (Å²) < 4.78 is 38.4. The van der Waals surface area contributed by atoms with E-state index in [1.807, 2.05) is 0 Å². The van der Waals surface area contributed by atoms with Gasteiger partial charge in [0, 0.05) is 37.8 Å². The third kappa shape index (κ3) is 7.02. The number of nitrogens with zero attached hydrogens (tertiary/aromatic N) is 4. The summed E-state index contributed by atoms with van der Waals surface area (Å²) in [6, 6.07) is 8.98. The van der Waals surface area contributed by atoms with E-state index in [1.54, 1.807) is 29.2 Å². The Morgan fingerprint density at radius 2 is 1.77 bits per heavy atom. The number of unbranched alkanes of at least 4 members (excludes halogenated alkanes) is 2.